The van der Waals surface area contributed by atoms with Crippen molar-refractivity contribution in [3.05, 3.63) is 30.1 Å². The fourth-order valence-electron chi connectivity index (χ4n) is 4.47. The molecule has 20 heteroatoms. The highest BCUT2D eigenvalue weighted by atomic mass is 19.4. The molecule has 3 aliphatic rings. The van der Waals surface area contributed by atoms with Crippen LogP contribution < -0.4 is 0 Å². The summed E-state index contributed by atoms with van der Waals surface area (Å²) in [5, 5.41) is 21.4. The number of carboxylic acid groups (broad SMARTS) is 3. The van der Waals surface area contributed by atoms with Crippen molar-refractivity contribution in [2.24, 2.45) is 5.92 Å². The van der Waals surface area contributed by atoms with Crippen molar-refractivity contribution in [1.82, 2.24) is 14.8 Å². The van der Waals surface area contributed by atoms with Crippen LogP contribution >= 0.6 is 0 Å². The van der Waals surface area contributed by atoms with E-state index in [0.29, 0.717) is 5.92 Å². The highest BCUT2D eigenvalue weighted by Gasteiger charge is 2.44. The molecule has 3 fully saturated rings. The summed E-state index contributed by atoms with van der Waals surface area (Å²) in [5.74, 6) is -7.61. The second-order valence-electron chi connectivity index (χ2n) is 10.1. The lowest BCUT2D eigenvalue weighted by atomic mass is 9.94. The summed E-state index contributed by atoms with van der Waals surface area (Å²) >= 11 is 0. The van der Waals surface area contributed by atoms with E-state index in [1.165, 1.54) is 38.0 Å². The maximum Gasteiger partial charge on any atom is 0.490 e. The SMILES string of the molecule is O=C(O)C(F)(F)F.O=C(O)C(F)(F)F.O=C(O)C(F)(F)F.c1cncc(CN2CCOCC3(CC(CN4CCCC4)CO3)C2)c1. The van der Waals surface area contributed by atoms with Gasteiger partial charge in [-0.25, -0.2) is 14.4 Å². The molecule has 0 bridgehead atoms. The van der Waals surface area contributed by atoms with Gasteiger partial charge < -0.3 is 29.7 Å². The number of pyridine rings is 1. The maximum absolute atomic E-state index is 10.6. The van der Waals surface area contributed by atoms with Gasteiger partial charge in [0.25, 0.3) is 0 Å². The molecule has 4 rings (SSSR count). The van der Waals surface area contributed by atoms with E-state index in [-0.39, 0.29) is 5.60 Å². The van der Waals surface area contributed by atoms with Gasteiger partial charge >= 0.3 is 36.4 Å². The van der Waals surface area contributed by atoms with E-state index in [1.807, 2.05) is 18.5 Å². The summed E-state index contributed by atoms with van der Waals surface area (Å²) < 4.78 is 107. The number of halogens is 9. The summed E-state index contributed by atoms with van der Waals surface area (Å²) in [6, 6.07) is 4.16. The van der Waals surface area contributed by atoms with E-state index in [2.05, 4.69) is 20.9 Å². The molecule has 3 aliphatic heterocycles. The largest absolute Gasteiger partial charge is 0.490 e. The number of hydrogen-bond acceptors (Lipinski definition) is 8. The summed E-state index contributed by atoms with van der Waals surface area (Å²) in [6.07, 6.45) is -7.60. The zero-order valence-corrected chi connectivity index (χ0v) is 23.5. The lowest BCUT2D eigenvalue weighted by Crippen LogP contribution is -2.44. The average molecular weight is 674 g/mol. The number of carbonyl (C=O) groups is 3. The van der Waals surface area contributed by atoms with Crippen LogP contribution in [-0.2, 0) is 30.4 Å². The van der Waals surface area contributed by atoms with Gasteiger partial charge in [0, 0.05) is 38.6 Å². The molecule has 0 aliphatic carbocycles. The fraction of sp³-hybridized carbons (Fsp3) is 0.680. The average Bonchev–Trinajstić information content (AvgIpc) is 3.52. The molecule has 2 unspecified atom stereocenters. The molecule has 1 aromatic heterocycles. The van der Waals surface area contributed by atoms with Gasteiger partial charge in [-0.05, 0) is 49.9 Å². The van der Waals surface area contributed by atoms with Crippen LogP contribution in [0.5, 0.6) is 0 Å². The topological polar surface area (TPSA) is 150 Å². The van der Waals surface area contributed by atoms with Crippen LogP contribution in [0, 0.1) is 5.92 Å². The number of ether oxygens (including phenoxy) is 2. The van der Waals surface area contributed by atoms with Crippen LogP contribution in [-0.4, -0.2) is 125 Å². The molecule has 3 saturated heterocycles. The number of rotatable bonds is 4. The van der Waals surface area contributed by atoms with Crippen molar-refractivity contribution >= 4 is 17.9 Å². The number of likely N-dealkylation sites (tertiary alicyclic amines) is 1. The van der Waals surface area contributed by atoms with Crippen molar-refractivity contribution < 1.29 is 78.7 Å². The van der Waals surface area contributed by atoms with Crippen LogP contribution in [0.2, 0.25) is 0 Å². The number of alkyl halides is 9. The van der Waals surface area contributed by atoms with E-state index < -0.39 is 36.4 Å². The Morgan fingerprint density at radius 2 is 1.38 bits per heavy atom. The highest BCUT2D eigenvalue weighted by Crippen LogP contribution is 2.34. The molecular formula is C25H32F9N3O8. The Kier molecular flexibility index (Phi) is 15.4. The molecule has 2 atom stereocenters. The first-order valence-corrected chi connectivity index (χ1v) is 13.1. The number of aromatic nitrogens is 1. The van der Waals surface area contributed by atoms with Crippen molar-refractivity contribution in [1.29, 1.82) is 0 Å². The lowest BCUT2D eigenvalue weighted by molar-refractivity contribution is -0.193. The molecule has 1 aromatic rings. The molecule has 0 aromatic carbocycles. The van der Waals surface area contributed by atoms with Crippen LogP contribution in [0.3, 0.4) is 0 Å². The molecule has 0 amide bonds. The van der Waals surface area contributed by atoms with E-state index in [1.54, 1.807) is 0 Å². The predicted molar refractivity (Wildman–Crippen MR) is 134 cm³/mol. The normalized spacial score (nSPS) is 22.6. The Bertz CT molecular complexity index is 1010. The fourth-order valence-corrected chi connectivity index (χ4v) is 4.47. The van der Waals surface area contributed by atoms with Crippen molar-refractivity contribution in [2.75, 3.05) is 52.5 Å². The van der Waals surface area contributed by atoms with Gasteiger partial charge in [-0.15, -0.1) is 0 Å². The maximum atomic E-state index is 10.6. The molecule has 0 radical (unpaired) electrons. The Labute approximate surface area is 250 Å². The van der Waals surface area contributed by atoms with Crippen LogP contribution in [0.4, 0.5) is 39.5 Å². The smallest absolute Gasteiger partial charge is 0.475 e. The van der Waals surface area contributed by atoms with Crippen LogP contribution in [0.1, 0.15) is 24.8 Å². The van der Waals surface area contributed by atoms with E-state index in [0.717, 1.165) is 45.9 Å². The molecule has 258 valence electrons. The number of carboxylic acids is 3. The highest BCUT2D eigenvalue weighted by molar-refractivity contribution is 5.73. The third-order valence-electron chi connectivity index (χ3n) is 6.29. The van der Waals surface area contributed by atoms with Crippen molar-refractivity contribution in [3.63, 3.8) is 0 Å². The molecule has 11 nitrogen and oxygen atoms in total. The first kappa shape index (κ1) is 39.8. The Morgan fingerprint density at radius 1 is 0.867 bits per heavy atom. The molecule has 0 saturated carbocycles. The lowest BCUT2D eigenvalue weighted by Gasteiger charge is -2.31. The van der Waals surface area contributed by atoms with Crippen molar-refractivity contribution in [3.8, 4) is 0 Å². The van der Waals surface area contributed by atoms with Crippen LogP contribution in [0.25, 0.3) is 0 Å². The number of nitrogens with zero attached hydrogens (tertiary/aromatic N) is 3. The Balaban J connectivity index is 0.000000396. The van der Waals surface area contributed by atoms with E-state index >= 15 is 0 Å². The van der Waals surface area contributed by atoms with Gasteiger partial charge in [0.1, 0.15) is 5.60 Å². The Hall–Kier alpha value is -3.23. The Morgan fingerprint density at radius 3 is 1.82 bits per heavy atom. The first-order valence-electron chi connectivity index (χ1n) is 13.1. The molecule has 4 heterocycles. The van der Waals surface area contributed by atoms with Crippen molar-refractivity contribution in [2.45, 2.75) is 49.9 Å². The summed E-state index contributed by atoms with van der Waals surface area (Å²) in [4.78, 5) is 36.0. The monoisotopic (exact) mass is 673 g/mol. The second kappa shape index (κ2) is 17.5. The molecule has 3 N–H and O–H groups in total. The third kappa shape index (κ3) is 16.1. The zero-order valence-electron chi connectivity index (χ0n) is 23.5. The van der Waals surface area contributed by atoms with Gasteiger partial charge in [-0.1, -0.05) is 6.07 Å². The van der Waals surface area contributed by atoms with Gasteiger partial charge in [-0.3, -0.25) is 9.88 Å². The quantitative estimate of drug-likeness (QED) is 0.402. The van der Waals surface area contributed by atoms with Gasteiger partial charge in [0.15, 0.2) is 0 Å². The van der Waals surface area contributed by atoms with Crippen LogP contribution in [0.15, 0.2) is 24.5 Å². The minimum absolute atomic E-state index is 0.108. The zero-order chi connectivity index (χ0) is 34.5. The molecule has 45 heavy (non-hydrogen) atoms. The minimum atomic E-state index is -5.08. The first-order chi connectivity index (χ1) is 20.6. The van der Waals surface area contributed by atoms with E-state index in [4.69, 9.17) is 39.2 Å². The standard InChI is InChI=1S/C19H29N3O2.3C2HF3O2/c1-2-7-21(6-1)13-18-10-19(24-14-18)15-22(8-9-23-16-19)12-17-4-3-5-20-11-17;3*3-2(4,5)1(6)7/h3-5,11,18H,1-2,6-10,12-16H2;3*(H,6,7). The number of hydrogen-bond donors (Lipinski definition) is 3. The third-order valence-corrected chi connectivity index (χ3v) is 6.29. The predicted octanol–water partition coefficient (Wildman–Crippen LogP) is 3.68. The number of aliphatic carboxylic acids is 3. The van der Waals surface area contributed by atoms with Gasteiger partial charge in [-0.2, -0.15) is 39.5 Å². The van der Waals surface area contributed by atoms with Gasteiger partial charge in [0.05, 0.1) is 19.8 Å². The second-order valence-corrected chi connectivity index (χ2v) is 10.1. The minimum Gasteiger partial charge on any atom is -0.475 e. The molecule has 1 spiro atoms. The summed E-state index contributed by atoms with van der Waals surface area (Å²) in [7, 11) is 0. The summed E-state index contributed by atoms with van der Waals surface area (Å²) in [6.45, 7) is 9.04. The van der Waals surface area contributed by atoms with E-state index in [9.17, 15) is 39.5 Å². The summed E-state index contributed by atoms with van der Waals surface area (Å²) in [5.41, 5.74) is 1.16. The molecular weight excluding hydrogens is 641 g/mol. The van der Waals surface area contributed by atoms with Gasteiger partial charge in [0.2, 0.25) is 0 Å².